The van der Waals surface area contributed by atoms with Crippen molar-refractivity contribution in [3.05, 3.63) is 90.5 Å². The first kappa shape index (κ1) is 27.5. The minimum absolute atomic E-state index is 0.00374. The molecule has 200 valence electrons. The summed E-state index contributed by atoms with van der Waals surface area (Å²) in [7, 11) is -8.09. The summed E-state index contributed by atoms with van der Waals surface area (Å²) in [5, 5.41) is 2.66. The monoisotopic (exact) mass is 557 g/mol. The molecule has 0 unspecified atom stereocenters. The van der Waals surface area contributed by atoms with E-state index in [1.165, 1.54) is 48.5 Å². The van der Waals surface area contributed by atoms with E-state index >= 15 is 0 Å². The molecule has 1 amide bonds. The minimum atomic E-state index is -4.12. The molecular weight excluding hydrogens is 530 g/mol. The van der Waals surface area contributed by atoms with E-state index in [-0.39, 0.29) is 41.6 Å². The van der Waals surface area contributed by atoms with Gasteiger partial charge in [0.1, 0.15) is 6.04 Å². The van der Waals surface area contributed by atoms with Crippen LogP contribution in [-0.2, 0) is 29.6 Å². The molecule has 1 N–H and O–H groups in total. The summed E-state index contributed by atoms with van der Waals surface area (Å²) in [6, 6.07) is 20.0. The second-order valence-electron chi connectivity index (χ2n) is 8.41. The molecule has 10 nitrogen and oxygen atoms in total. The van der Waals surface area contributed by atoms with Crippen LogP contribution in [0.5, 0.6) is 0 Å². The van der Waals surface area contributed by atoms with Crippen LogP contribution in [0.2, 0.25) is 0 Å². The Kier molecular flexibility index (Phi) is 8.26. The van der Waals surface area contributed by atoms with E-state index in [1.807, 2.05) is 0 Å². The predicted octanol–water partition coefficient (Wildman–Crippen LogP) is 2.57. The topological polar surface area (TPSA) is 130 Å². The number of carbonyl (C=O) groups is 2. The summed E-state index contributed by atoms with van der Waals surface area (Å²) in [6.45, 7) is 1.18. The van der Waals surface area contributed by atoms with Gasteiger partial charge in [-0.1, -0.05) is 36.4 Å². The van der Waals surface area contributed by atoms with E-state index in [9.17, 15) is 26.4 Å². The Morgan fingerprint density at radius 2 is 1.37 bits per heavy atom. The highest BCUT2D eigenvalue weighted by molar-refractivity contribution is 7.89. The average molecular weight is 558 g/mol. The first-order valence-corrected chi connectivity index (χ1v) is 14.7. The first-order chi connectivity index (χ1) is 18.1. The van der Waals surface area contributed by atoms with Crippen molar-refractivity contribution in [2.75, 3.05) is 31.6 Å². The van der Waals surface area contributed by atoms with E-state index < -0.39 is 38.0 Å². The van der Waals surface area contributed by atoms with Gasteiger partial charge >= 0.3 is 5.97 Å². The third kappa shape index (κ3) is 5.78. The van der Waals surface area contributed by atoms with Crippen LogP contribution in [0.4, 0.5) is 5.69 Å². The van der Waals surface area contributed by atoms with Crippen molar-refractivity contribution in [3.8, 4) is 0 Å². The van der Waals surface area contributed by atoms with Gasteiger partial charge in [-0.25, -0.2) is 21.6 Å². The van der Waals surface area contributed by atoms with Gasteiger partial charge in [0.25, 0.3) is 0 Å². The Bertz CT molecular complexity index is 1500. The van der Waals surface area contributed by atoms with Crippen molar-refractivity contribution in [1.29, 1.82) is 0 Å². The Balaban J connectivity index is 1.64. The quantitative estimate of drug-likeness (QED) is 0.421. The fourth-order valence-corrected chi connectivity index (χ4v) is 7.11. The van der Waals surface area contributed by atoms with Crippen LogP contribution in [0.3, 0.4) is 0 Å². The Hall–Kier alpha value is -3.58. The molecule has 1 fully saturated rings. The zero-order valence-corrected chi connectivity index (χ0v) is 22.2. The Morgan fingerprint density at radius 3 is 1.92 bits per heavy atom. The second kappa shape index (κ2) is 11.4. The lowest BCUT2D eigenvalue weighted by Crippen LogP contribution is -2.60. The molecule has 38 heavy (non-hydrogen) atoms. The molecule has 0 spiro atoms. The number of hydrogen-bond acceptors (Lipinski definition) is 7. The number of esters is 1. The van der Waals surface area contributed by atoms with Crippen molar-refractivity contribution in [2.24, 2.45) is 0 Å². The minimum Gasteiger partial charge on any atom is -0.462 e. The molecule has 0 saturated carbocycles. The van der Waals surface area contributed by atoms with Gasteiger partial charge in [0.15, 0.2) is 0 Å². The molecule has 0 aliphatic carbocycles. The number of amides is 1. The van der Waals surface area contributed by atoms with Gasteiger partial charge in [-0.3, -0.25) is 4.79 Å². The van der Waals surface area contributed by atoms with E-state index in [0.29, 0.717) is 5.69 Å². The van der Waals surface area contributed by atoms with Crippen LogP contribution >= 0.6 is 0 Å². The number of nitrogens with zero attached hydrogens (tertiary/aromatic N) is 2. The van der Waals surface area contributed by atoms with E-state index in [4.69, 9.17) is 4.74 Å². The molecule has 4 rings (SSSR count). The van der Waals surface area contributed by atoms with Crippen LogP contribution < -0.4 is 5.32 Å². The highest BCUT2D eigenvalue weighted by atomic mass is 32.2. The fraction of sp³-hybridized carbons (Fsp3) is 0.231. The number of sulfonamides is 2. The van der Waals surface area contributed by atoms with Crippen molar-refractivity contribution in [3.63, 3.8) is 0 Å². The molecule has 0 aromatic heterocycles. The maximum atomic E-state index is 13.5. The zero-order valence-electron chi connectivity index (χ0n) is 20.6. The molecule has 1 aliphatic heterocycles. The summed E-state index contributed by atoms with van der Waals surface area (Å²) in [6.07, 6.45) is 0. The normalized spacial score (nSPS) is 17.0. The molecule has 1 saturated heterocycles. The molecule has 1 atom stereocenters. The van der Waals surface area contributed by atoms with E-state index in [1.54, 1.807) is 43.3 Å². The van der Waals surface area contributed by atoms with Gasteiger partial charge < -0.3 is 10.1 Å². The third-order valence-corrected chi connectivity index (χ3v) is 9.79. The van der Waals surface area contributed by atoms with Gasteiger partial charge in [0.05, 0.1) is 22.0 Å². The van der Waals surface area contributed by atoms with Crippen molar-refractivity contribution < 1.29 is 31.2 Å². The number of benzene rings is 3. The van der Waals surface area contributed by atoms with Crippen molar-refractivity contribution in [2.45, 2.75) is 22.8 Å². The number of carbonyl (C=O) groups excluding carboxylic acids is 2. The van der Waals surface area contributed by atoms with Gasteiger partial charge in [0.2, 0.25) is 26.0 Å². The smallest absolute Gasteiger partial charge is 0.338 e. The molecule has 3 aromatic rings. The number of piperazine rings is 1. The maximum Gasteiger partial charge on any atom is 0.338 e. The standard InChI is InChI=1S/C26H27N3O7S2/c1-2-36-26(31)20-13-15-21(16-14-20)27-25(30)24-19-28(37(32,33)22-9-5-3-6-10-22)17-18-29(24)38(34,35)23-11-7-4-8-12-23/h3-16,24H,2,17-19H2,1H3,(H,27,30)/t24-/m1/s1. The molecule has 0 bridgehead atoms. The van der Waals surface area contributed by atoms with Crippen LogP contribution in [0.15, 0.2) is 94.7 Å². The number of anilines is 1. The Morgan fingerprint density at radius 1 is 0.816 bits per heavy atom. The third-order valence-electron chi connectivity index (χ3n) is 5.99. The number of rotatable bonds is 8. The summed E-state index contributed by atoms with van der Waals surface area (Å²) < 4.78 is 60.6. The lowest BCUT2D eigenvalue weighted by atomic mass is 10.2. The maximum absolute atomic E-state index is 13.5. The predicted molar refractivity (Wildman–Crippen MR) is 140 cm³/mol. The van der Waals surface area contributed by atoms with Crippen LogP contribution in [-0.4, -0.2) is 69.6 Å². The largest absolute Gasteiger partial charge is 0.462 e. The highest BCUT2D eigenvalue weighted by Crippen LogP contribution is 2.26. The SMILES string of the molecule is CCOC(=O)c1ccc(NC(=O)[C@H]2CN(S(=O)(=O)c3ccccc3)CCN2S(=O)(=O)c2ccccc2)cc1. The van der Waals surface area contributed by atoms with Crippen LogP contribution in [0.25, 0.3) is 0 Å². The second-order valence-corrected chi connectivity index (χ2v) is 12.2. The van der Waals surface area contributed by atoms with E-state index in [2.05, 4.69) is 5.32 Å². The van der Waals surface area contributed by atoms with Crippen molar-refractivity contribution >= 4 is 37.6 Å². The summed E-state index contributed by atoms with van der Waals surface area (Å²) in [5.41, 5.74) is 0.596. The molecule has 0 radical (unpaired) electrons. The van der Waals surface area contributed by atoms with Crippen LogP contribution in [0, 0.1) is 0 Å². The molecule has 1 aliphatic rings. The molecule has 12 heteroatoms. The van der Waals surface area contributed by atoms with Gasteiger partial charge in [-0.15, -0.1) is 0 Å². The highest BCUT2D eigenvalue weighted by Gasteiger charge is 2.43. The fourth-order valence-electron chi connectivity index (χ4n) is 4.06. The van der Waals surface area contributed by atoms with Gasteiger partial charge in [-0.05, 0) is 55.5 Å². The van der Waals surface area contributed by atoms with Crippen molar-refractivity contribution in [1.82, 2.24) is 8.61 Å². The number of ether oxygens (including phenoxy) is 1. The lowest BCUT2D eigenvalue weighted by Gasteiger charge is -2.38. The summed E-state index contributed by atoms with van der Waals surface area (Å²) >= 11 is 0. The van der Waals surface area contributed by atoms with Gasteiger partial charge in [-0.2, -0.15) is 8.61 Å². The first-order valence-electron chi connectivity index (χ1n) is 11.8. The molecule has 1 heterocycles. The van der Waals surface area contributed by atoms with Gasteiger partial charge in [0, 0.05) is 25.3 Å². The van der Waals surface area contributed by atoms with Crippen LogP contribution in [0.1, 0.15) is 17.3 Å². The number of hydrogen-bond donors (Lipinski definition) is 1. The Labute approximate surface area is 221 Å². The lowest BCUT2D eigenvalue weighted by molar-refractivity contribution is -0.120. The average Bonchev–Trinajstić information content (AvgIpc) is 2.94. The summed E-state index contributed by atoms with van der Waals surface area (Å²) in [4.78, 5) is 25.4. The van der Waals surface area contributed by atoms with E-state index in [0.717, 1.165) is 8.61 Å². The molecular formula is C26H27N3O7S2. The number of nitrogens with one attached hydrogen (secondary N) is 1. The summed E-state index contributed by atoms with van der Waals surface area (Å²) in [5.74, 6) is -1.22. The molecule has 3 aromatic carbocycles. The zero-order chi connectivity index (χ0) is 27.3.